The van der Waals surface area contributed by atoms with Gasteiger partial charge in [-0.25, -0.2) is 4.98 Å². The summed E-state index contributed by atoms with van der Waals surface area (Å²) in [7, 11) is 1.59. The van der Waals surface area contributed by atoms with E-state index in [2.05, 4.69) is 31.1 Å². The van der Waals surface area contributed by atoms with Gasteiger partial charge in [0.05, 0.1) is 23.8 Å². The van der Waals surface area contributed by atoms with E-state index in [1.807, 2.05) is 55.5 Å². The first-order valence-electron chi connectivity index (χ1n) is 7.70. The van der Waals surface area contributed by atoms with Crippen molar-refractivity contribution in [2.75, 3.05) is 7.11 Å². The molecule has 6 heteroatoms. The third kappa shape index (κ3) is 2.89. The smallest absolute Gasteiger partial charge is 0.259 e. The van der Waals surface area contributed by atoms with Crippen LogP contribution in [0.5, 0.6) is 5.88 Å². The van der Waals surface area contributed by atoms with Crippen molar-refractivity contribution in [3.05, 3.63) is 58.6 Å². The maximum Gasteiger partial charge on any atom is 0.259 e. The Kier molecular flexibility index (Phi) is 3.97. The van der Waals surface area contributed by atoms with Crippen LogP contribution in [-0.4, -0.2) is 22.2 Å². The van der Waals surface area contributed by atoms with E-state index in [-0.39, 0.29) is 0 Å². The Bertz CT molecular complexity index is 1080. The van der Waals surface area contributed by atoms with Gasteiger partial charge < -0.3 is 9.26 Å². The van der Waals surface area contributed by atoms with E-state index < -0.39 is 0 Å². The summed E-state index contributed by atoms with van der Waals surface area (Å²) in [5.74, 6) is 1.35. The molecule has 0 radical (unpaired) electrons. The fraction of sp³-hybridized carbons (Fsp3) is 0.105. The van der Waals surface area contributed by atoms with Crippen molar-refractivity contribution in [3.63, 3.8) is 0 Å². The highest BCUT2D eigenvalue weighted by Crippen LogP contribution is 2.33. The van der Waals surface area contributed by atoms with Gasteiger partial charge >= 0.3 is 0 Å². The second-order valence-electron chi connectivity index (χ2n) is 5.64. The topological polar surface area (TPSA) is 61.0 Å². The number of hydrogen-bond donors (Lipinski definition) is 0. The number of aryl methyl sites for hydroxylation is 1. The molecule has 0 aliphatic heterocycles. The van der Waals surface area contributed by atoms with Gasteiger partial charge in [-0.05, 0) is 52.7 Å². The molecule has 4 rings (SSSR count). The molecule has 0 bridgehead atoms. The summed E-state index contributed by atoms with van der Waals surface area (Å²) < 4.78 is 11.8. The molecule has 0 N–H and O–H groups in total. The summed E-state index contributed by atoms with van der Waals surface area (Å²) >= 11 is 3.50. The molecule has 0 aliphatic carbocycles. The van der Waals surface area contributed by atoms with Gasteiger partial charge in [0.25, 0.3) is 5.89 Å². The summed E-state index contributed by atoms with van der Waals surface area (Å²) in [4.78, 5) is 9.09. The van der Waals surface area contributed by atoms with Crippen LogP contribution in [0.4, 0.5) is 0 Å². The lowest BCUT2D eigenvalue weighted by Gasteiger charge is -2.07. The lowest BCUT2D eigenvalue weighted by atomic mass is 10.1. The van der Waals surface area contributed by atoms with Crippen molar-refractivity contribution in [2.24, 2.45) is 0 Å². The molecule has 0 spiro atoms. The average Bonchev–Trinajstić information content (AvgIpc) is 3.10. The van der Waals surface area contributed by atoms with Crippen LogP contribution in [0.25, 0.3) is 33.7 Å². The highest BCUT2D eigenvalue weighted by molar-refractivity contribution is 9.10. The van der Waals surface area contributed by atoms with Gasteiger partial charge in [0.15, 0.2) is 0 Å². The zero-order chi connectivity index (χ0) is 17.4. The number of hydrogen-bond acceptors (Lipinski definition) is 5. The first-order chi connectivity index (χ1) is 12.2. The number of ether oxygens (including phenoxy) is 1. The largest absolute Gasteiger partial charge is 0.480 e. The number of pyridine rings is 1. The molecular weight excluding hydrogens is 382 g/mol. The summed E-state index contributed by atoms with van der Waals surface area (Å²) in [5, 5.41) is 5.10. The van der Waals surface area contributed by atoms with Gasteiger partial charge in [0, 0.05) is 9.86 Å². The number of aromatic nitrogens is 3. The van der Waals surface area contributed by atoms with Crippen LogP contribution < -0.4 is 4.74 Å². The number of rotatable bonds is 3. The second-order valence-corrected chi connectivity index (χ2v) is 6.50. The molecule has 2 heterocycles. The summed E-state index contributed by atoms with van der Waals surface area (Å²) in [5.41, 5.74) is 3.55. The van der Waals surface area contributed by atoms with Crippen LogP contribution in [0.2, 0.25) is 0 Å². The molecule has 25 heavy (non-hydrogen) atoms. The number of fused-ring (bicyclic) bond motifs is 1. The molecule has 0 saturated carbocycles. The van der Waals surface area contributed by atoms with Crippen LogP contribution in [-0.2, 0) is 0 Å². The predicted octanol–water partition coefficient (Wildman–Crippen LogP) is 5.03. The molecule has 0 fully saturated rings. The van der Waals surface area contributed by atoms with Crippen LogP contribution in [0, 0.1) is 6.92 Å². The SMILES string of the molecule is COc1nc2cc(C)ccc2cc1-c1noc(-c2ccccc2Br)n1. The summed E-state index contributed by atoms with van der Waals surface area (Å²) in [6, 6.07) is 15.8. The third-order valence-corrected chi connectivity index (χ3v) is 4.59. The molecule has 5 nitrogen and oxygen atoms in total. The van der Waals surface area contributed by atoms with Gasteiger partial charge in [-0.2, -0.15) is 4.98 Å². The number of benzene rings is 2. The highest BCUT2D eigenvalue weighted by atomic mass is 79.9. The monoisotopic (exact) mass is 395 g/mol. The first-order valence-corrected chi connectivity index (χ1v) is 8.49. The van der Waals surface area contributed by atoms with Gasteiger partial charge in [-0.1, -0.05) is 29.4 Å². The minimum Gasteiger partial charge on any atom is -0.480 e. The van der Waals surface area contributed by atoms with Crippen LogP contribution in [0.15, 0.2) is 57.5 Å². The lowest BCUT2D eigenvalue weighted by molar-refractivity contribution is 0.399. The molecule has 0 amide bonds. The Morgan fingerprint density at radius 2 is 1.84 bits per heavy atom. The van der Waals surface area contributed by atoms with Gasteiger partial charge in [0.1, 0.15) is 0 Å². The van der Waals surface area contributed by atoms with E-state index in [1.165, 1.54) is 0 Å². The van der Waals surface area contributed by atoms with Gasteiger partial charge in [-0.15, -0.1) is 0 Å². The summed E-state index contributed by atoms with van der Waals surface area (Å²) in [6.07, 6.45) is 0. The van der Waals surface area contributed by atoms with E-state index in [1.54, 1.807) is 7.11 Å². The molecule has 4 aromatic rings. The second kappa shape index (κ2) is 6.29. The van der Waals surface area contributed by atoms with E-state index in [4.69, 9.17) is 9.26 Å². The minimum atomic E-state index is 0.438. The zero-order valence-corrected chi connectivity index (χ0v) is 15.2. The third-order valence-electron chi connectivity index (χ3n) is 3.90. The van der Waals surface area contributed by atoms with E-state index >= 15 is 0 Å². The van der Waals surface area contributed by atoms with Crippen LogP contribution in [0.1, 0.15) is 5.56 Å². The van der Waals surface area contributed by atoms with Crippen molar-refractivity contribution in [3.8, 4) is 28.7 Å². The number of halogens is 1. The Morgan fingerprint density at radius 1 is 1.00 bits per heavy atom. The maximum atomic E-state index is 5.44. The Hall–Kier alpha value is -2.73. The van der Waals surface area contributed by atoms with E-state index in [0.717, 1.165) is 26.5 Å². The first kappa shape index (κ1) is 15.8. The molecule has 2 aromatic carbocycles. The normalized spacial score (nSPS) is 11.0. The summed E-state index contributed by atoms with van der Waals surface area (Å²) in [6.45, 7) is 2.03. The number of methoxy groups -OCH3 is 1. The van der Waals surface area contributed by atoms with E-state index in [0.29, 0.717) is 23.2 Å². The molecular formula is C19H14BrN3O2. The fourth-order valence-electron chi connectivity index (χ4n) is 2.65. The van der Waals surface area contributed by atoms with Crippen molar-refractivity contribution >= 4 is 26.8 Å². The van der Waals surface area contributed by atoms with Crippen molar-refractivity contribution in [1.29, 1.82) is 0 Å². The standard InChI is InChI=1S/C19H14BrN3O2/c1-11-7-8-12-10-14(18(24-2)21-16(12)9-11)17-22-19(25-23-17)13-5-3-4-6-15(13)20/h3-10H,1-2H3. The quantitative estimate of drug-likeness (QED) is 0.486. The molecule has 0 saturated heterocycles. The Labute approximate surface area is 152 Å². The van der Waals surface area contributed by atoms with Crippen LogP contribution in [0.3, 0.4) is 0 Å². The Morgan fingerprint density at radius 3 is 2.64 bits per heavy atom. The highest BCUT2D eigenvalue weighted by Gasteiger charge is 2.18. The fourth-order valence-corrected chi connectivity index (χ4v) is 3.11. The average molecular weight is 396 g/mol. The molecule has 0 aliphatic rings. The number of nitrogens with zero attached hydrogens (tertiary/aromatic N) is 3. The lowest BCUT2D eigenvalue weighted by Crippen LogP contribution is -1.94. The molecule has 124 valence electrons. The zero-order valence-electron chi connectivity index (χ0n) is 13.7. The van der Waals surface area contributed by atoms with Crippen molar-refractivity contribution in [1.82, 2.24) is 15.1 Å². The molecule has 2 aromatic heterocycles. The predicted molar refractivity (Wildman–Crippen MR) is 99.5 cm³/mol. The van der Waals surface area contributed by atoms with Gasteiger partial charge in [0.2, 0.25) is 11.7 Å². The molecule has 0 atom stereocenters. The van der Waals surface area contributed by atoms with Crippen molar-refractivity contribution < 1.29 is 9.26 Å². The van der Waals surface area contributed by atoms with Crippen LogP contribution >= 0.6 is 15.9 Å². The van der Waals surface area contributed by atoms with Gasteiger partial charge in [-0.3, -0.25) is 0 Å². The van der Waals surface area contributed by atoms with E-state index in [9.17, 15) is 0 Å². The molecule has 0 unspecified atom stereocenters. The minimum absolute atomic E-state index is 0.438. The maximum absolute atomic E-state index is 5.44. The Balaban J connectivity index is 1.85. The van der Waals surface area contributed by atoms with Crippen molar-refractivity contribution in [2.45, 2.75) is 6.92 Å².